The standard InChI is InChI=1S/C37H66N2.C2H5.Hf/c1-24(2)28-16-9-10-18-33(28)37(39-36-29(25(3)4)19-12-20-30(36)26(5)6)35-23-13-22-34(38-35)32-21-11-15-27-14-7-8-17-31(27)32;1-2;/h21,24-38H,7-20,22-23H2,1-6H3;1H2,2H3;/q-2;-1;. The summed E-state index contributed by atoms with van der Waals surface area (Å²) < 4.78 is 0. The van der Waals surface area contributed by atoms with Gasteiger partial charge in [0.15, 0.2) is 0 Å². The Hall–Kier alpha value is 0.790. The molecule has 10 unspecified atom stereocenters. The van der Waals surface area contributed by atoms with E-state index in [0.29, 0.717) is 24.2 Å². The second kappa shape index (κ2) is 18.2. The average Bonchev–Trinajstić information content (AvgIpc) is 3.00. The van der Waals surface area contributed by atoms with Gasteiger partial charge in [-0.3, -0.25) is 0 Å². The first-order valence-electron chi connectivity index (χ1n) is 18.8. The number of fused-ring (bicyclic) bond motifs is 1. The molecule has 1 saturated heterocycles. The average molecular weight is 747 g/mol. The van der Waals surface area contributed by atoms with E-state index in [1.54, 1.807) is 6.92 Å². The maximum atomic E-state index is 6.21. The molecule has 1 aliphatic heterocycles. The van der Waals surface area contributed by atoms with E-state index in [1.807, 2.05) is 0 Å². The summed E-state index contributed by atoms with van der Waals surface area (Å²) in [5, 5.41) is 10.7. The summed E-state index contributed by atoms with van der Waals surface area (Å²) in [6.45, 7) is 20.0. The largest absolute Gasteiger partial charge is 0.655 e. The van der Waals surface area contributed by atoms with Crippen LogP contribution in [0.5, 0.6) is 0 Å². The van der Waals surface area contributed by atoms with E-state index < -0.39 is 0 Å². The van der Waals surface area contributed by atoms with Crippen LogP contribution in [-0.2, 0) is 25.8 Å². The minimum Gasteiger partial charge on any atom is -0.655 e. The zero-order valence-electron chi connectivity index (χ0n) is 29.1. The Kier molecular flexibility index (Phi) is 16.2. The number of hydrogen-bond donors (Lipinski definition) is 1. The number of piperidine rings is 1. The predicted molar refractivity (Wildman–Crippen MR) is 180 cm³/mol. The van der Waals surface area contributed by atoms with E-state index in [4.69, 9.17) is 5.32 Å². The van der Waals surface area contributed by atoms with Gasteiger partial charge in [0, 0.05) is 25.8 Å². The Morgan fingerprint density at radius 2 is 1.17 bits per heavy atom. The minimum atomic E-state index is 0. The number of hydrogen-bond acceptors (Lipinski definition) is 1. The molecule has 0 aromatic heterocycles. The van der Waals surface area contributed by atoms with Crippen molar-refractivity contribution in [3.05, 3.63) is 18.7 Å². The Labute approximate surface area is 283 Å². The smallest absolute Gasteiger partial charge is 0 e. The fourth-order valence-electron chi connectivity index (χ4n) is 10.9. The maximum absolute atomic E-state index is 6.21. The third kappa shape index (κ3) is 8.98. The van der Waals surface area contributed by atoms with Gasteiger partial charge in [-0.15, -0.1) is 18.0 Å². The van der Waals surface area contributed by atoms with E-state index in [9.17, 15) is 0 Å². The van der Waals surface area contributed by atoms with Gasteiger partial charge in [-0.25, -0.2) is 0 Å². The molecule has 5 fully saturated rings. The van der Waals surface area contributed by atoms with Crippen LogP contribution in [0, 0.1) is 72.5 Å². The molecule has 0 spiro atoms. The molecular weight excluding hydrogens is 675 g/mol. The normalized spacial score (nSPS) is 40.1. The van der Waals surface area contributed by atoms with Crippen LogP contribution in [0.4, 0.5) is 0 Å². The van der Waals surface area contributed by atoms with Gasteiger partial charge in [0.05, 0.1) is 0 Å². The second-order valence-corrected chi connectivity index (χ2v) is 16.1. The van der Waals surface area contributed by atoms with Gasteiger partial charge in [-0.2, -0.15) is 13.3 Å². The van der Waals surface area contributed by atoms with Gasteiger partial charge in [-0.1, -0.05) is 142 Å². The number of rotatable bonds is 8. The van der Waals surface area contributed by atoms with Crippen molar-refractivity contribution in [2.75, 3.05) is 0 Å². The Morgan fingerprint density at radius 1 is 0.619 bits per heavy atom. The topological polar surface area (TPSA) is 26.1 Å². The predicted octanol–water partition coefficient (Wildman–Crippen LogP) is 11.1. The summed E-state index contributed by atoms with van der Waals surface area (Å²) in [5.41, 5.74) is 0. The maximum Gasteiger partial charge on any atom is 0 e. The molecule has 244 valence electrons. The summed E-state index contributed by atoms with van der Waals surface area (Å²) in [4.78, 5) is 0. The van der Waals surface area contributed by atoms with Crippen molar-refractivity contribution in [3.8, 4) is 0 Å². The molecule has 2 nitrogen and oxygen atoms in total. The van der Waals surface area contributed by atoms with Crippen molar-refractivity contribution < 1.29 is 25.8 Å². The van der Waals surface area contributed by atoms with E-state index in [-0.39, 0.29) is 25.8 Å². The van der Waals surface area contributed by atoms with Gasteiger partial charge < -0.3 is 24.0 Å². The molecule has 3 heteroatoms. The Balaban J connectivity index is 0.00000158. The summed E-state index contributed by atoms with van der Waals surface area (Å²) in [6.07, 6.45) is 25.8. The Bertz CT molecular complexity index is 718. The first-order chi connectivity index (χ1) is 19.8. The first-order valence-corrected chi connectivity index (χ1v) is 18.8. The van der Waals surface area contributed by atoms with Crippen molar-refractivity contribution in [2.24, 2.45) is 59.2 Å². The summed E-state index contributed by atoms with van der Waals surface area (Å²) in [5.74, 6) is 8.30. The molecule has 42 heavy (non-hydrogen) atoms. The van der Waals surface area contributed by atoms with Crippen LogP contribution in [0.3, 0.4) is 0 Å². The van der Waals surface area contributed by atoms with Crippen molar-refractivity contribution in [1.82, 2.24) is 5.32 Å². The van der Waals surface area contributed by atoms with Gasteiger partial charge in [0.2, 0.25) is 0 Å². The molecular formula is C39H71HfN2-3. The summed E-state index contributed by atoms with van der Waals surface area (Å²) >= 11 is 0. The minimum absolute atomic E-state index is 0. The molecule has 0 amide bonds. The van der Waals surface area contributed by atoms with Crippen LogP contribution >= 0.6 is 0 Å². The van der Waals surface area contributed by atoms with Gasteiger partial charge in [0.1, 0.15) is 0 Å². The van der Waals surface area contributed by atoms with Crippen molar-refractivity contribution in [2.45, 2.75) is 175 Å². The molecule has 0 bridgehead atoms. The van der Waals surface area contributed by atoms with Crippen molar-refractivity contribution in [1.29, 1.82) is 0 Å². The van der Waals surface area contributed by atoms with Crippen molar-refractivity contribution >= 4 is 0 Å². The van der Waals surface area contributed by atoms with Crippen LogP contribution in [-0.4, -0.2) is 24.2 Å². The van der Waals surface area contributed by atoms with Crippen LogP contribution in [0.25, 0.3) is 5.32 Å². The third-order valence-corrected chi connectivity index (χ3v) is 13.0. The molecule has 5 aliphatic rings. The van der Waals surface area contributed by atoms with E-state index in [2.05, 4.69) is 60.2 Å². The van der Waals surface area contributed by atoms with E-state index in [1.165, 1.54) is 103 Å². The molecule has 4 saturated carbocycles. The molecule has 4 aliphatic carbocycles. The second-order valence-electron chi connectivity index (χ2n) is 16.1. The van der Waals surface area contributed by atoms with Crippen LogP contribution < -0.4 is 5.32 Å². The fraction of sp³-hybridized carbons (Fsp3) is 0.949. The summed E-state index contributed by atoms with van der Waals surface area (Å²) in [6, 6.07) is 2.41. The van der Waals surface area contributed by atoms with Gasteiger partial charge >= 0.3 is 0 Å². The molecule has 0 aromatic rings. The SMILES string of the molecule is CC(C)C1CCCCC1C([N-]C1C(C(C)C)CCCC1C(C)C)C1CCCC(C2[CH-]CCC3CCCCC32)N1.[CH2-]C.[Hf]. The van der Waals surface area contributed by atoms with Crippen LogP contribution in [0.2, 0.25) is 0 Å². The number of nitrogens with one attached hydrogen (secondary N) is 1. The van der Waals surface area contributed by atoms with Crippen LogP contribution in [0.15, 0.2) is 0 Å². The van der Waals surface area contributed by atoms with Crippen molar-refractivity contribution in [3.63, 3.8) is 0 Å². The monoisotopic (exact) mass is 748 g/mol. The third-order valence-electron chi connectivity index (χ3n) is 13.0. The van der Waals surface area contributed by atoms with E-state index >= 15 is 0 Å². The zero-order valence-corrected chi connectivity index (χ0v) is 32.7. The van der Waals surface area contributed by atoms with E-state index in [0.717, 1.165) is 59.2 Å². The molecule has 10 atom stereocenters. The van der Waals surface area contributed by atoms with Crippen LogP contribution in [0.1, 0.15) is 151 Å². The first kappa shape index (κ1) is 37.3. The quantitative estimate of drug-likeness (QED) is 0.194. The fourth-order valence-corrected chi connectivity index (χ4v) is 10.9. The molecule has 1 N–H and O–H groups in total. The molecule has 1 heterocycles. The van der Waals surface area contributed by atoms with Gasteiger partial charge in [-0.05, 0) is 60.9 Å². The molecule has 5 rings (SSSR count). The molecule has 0 aromatic carbocycles. The van der Waals surface area contributed by atoms with Gasteiger partial charge in [0.25, 0.3) is 0 Å². The zero-order chi connectivity index (χ0) is 29.5. The number of nitrogens with zero attached hydrogens (tertiary/aromatic N) is 1. The summed E-state index contributed by atoms with van der Waals surface area (Å²) in [7, 11) is 0. The Morgan fingerprint density at radius 3 is 1.81 bits per heavy atom. The molecule has 0 radical (unpaired) electrons.